The van der Waals surface area contributed by atoms with E-state index in [9.17, 15) is 0 Å². The van der Waals surface area contributed by atoms with Crippen LogP contribution in [0.25, 0.3) is 11.1 Å². The van der Waals surface area contributed by atoms with Gasteiger partial charge in [0.2, 0.25) is 0 Å². The molecule has 1 saturated carbocycles. The highest BCUT2D eigenvalue weighted by atomic mass is 79.9. The van der Waals surface area contributed by atoms with E-state index in [0.717, 1.165) is 0 Å². The van der Waals surface area contributed by atoms with Gasteiger partial charge in [0.25, 0.3) is 0 Å². The largest absolute Gasteiger partial charge is 0.0801 e. The Labute approximate surface area is 104 Å². The molecule has 0 amide bonds. The lowest BCUT2D eigenvalue weighted by atomic mass is 10.0. The molecule has 16 heavy (non-hydrogen) atoms. The maximum absolute atomic E-state index is 3.78. The minimum Gasteiger partial charge on any atom is -0.0801 e. The maximum Gasteiger partial charge on any atom is 0.0507 e. The molecule has 2 aromatic carbocycles. The van der Waals surface area contributed by atoms with Crippen LogP contribution in [-0.2, 0) is 4.32 Å². The van der Waals surface area contributed by atoms with Crippen molar-refractivity contribution in [2.45, 2.75) is 17.2 Å². The highest BCUT2D eigenvalue weighted by Crippen LogP contribution is 2.53. The predicted molar refractivity (Wildman–Crippen MR) is 71.7 cm³/mol. The molecular weight excluding hydrogens is 260 g/mol. The van der Waals surface area contributed by atoms with E-state index in [2.05, 4.69) is 70.5 Å². The zero-order valence-corrected chi connectivity index (χ0v) is 10.6. The van der Waals surface area contributed by atoms with Crippen LogP contribution in [-0.4, -0.2) is 0 Å². The molecule has 0 aliphatic heterocycles. The van der Waals surface area contributed by atoms with E-state index in [1.807, 2.05) is 0 Å². The number of hydrogen-bond donors (Lipinski definition) is 0. The molecule has 3 rings (SSSR count). The molecule has 0 aromatic heterocycles. The molecule has 0 spiro atoms. The SMILES string of the molecule is BrC1(c2ccc(-c3ccccc3)cc2)CC1. The summed E-state index contributed by atoms with van der Waals surface area (Å²) in [6, 6.07) is 19.4. The number of hydrogen-bond acceptors (Lipinski definition) is 0. The Hall–Kier alpha value is -1.08. The van der Waals surface area contributed by atoms with Gasteiger partial charge in [-0.25, -0.2) is 0 Å². The van der Waals surface area contributed by atoms with E-state index >= 15 is 0 Å². The number of halogens is 1. The van der Waals surface area contributed by atoms with Crippen molar-refractivity contribution < 1.29 is 0 Å². The first-order valence-electron chi connectivity index (χ1n) is 5.63. The molecule has 0 heterocycles. The summed E-state index contributed by atoms with van der Waals surface area (Å²) in [6.45, 7) is 0. The first-order chi connectivity index (χ1) is 7.78. The minimum absolute atomic E-state index is 0.294. The normalized spacial score (nSPS) is 17.1. The van der Waals surface area contributed by atoms with Crippen LogP contribution in [0.4, 0.5) is 0 Å². The summed E-state index contributed by atoms with van der Waals surface area (Å²) < 4.78 is 0.294. The van der Waals surface area contributed by atoms with Crippen molar-refractivity contribution in [3.63, 3.8) is 0 Å². The smallest absolute Gasteiger partial charge is 0.0507 e. The maximum atomic E-state index is 3.78. The molecule has 1 aliphatic rings. The number of rotatable bonds is 2. The van der Waals surface area contributed by atoms with Gasteiger partial charge in [-0.1, -0.05) is 70.5 Å². The molecule has 1 aliphatic carbocycles. The van der Waals surface area contributed by atoms with Crippen molar-refractivity contribution in [1.29, 1.82) is 0 Å². The van der Waals surface area contributed by atoms with Gasteiger partial charge < -0.3 is 0 Å². The highest BCUT2D eigenvalue weighted by molar-refractivity contribution is 9.09. The van der Waals surface area contributed by atoms with Crippen molar-refractivity contribution in [2.75, 3.05) is 0 Å². The average molecular weight is 273 g/mol. The third-order valence-electron chi connectivity index (χ3n) is 3.20. The van der Waals surface area contributed by atoms with E-state index in [0.29, 0.717) is 4.32 Å². The summed E-state index contributed by atoms with van der Waals surface area (Å²) >= 11 is 3.78. The summed E-state index contributed by atoms with van der Waals surface area (Å²) in [5, 5.41) is 0. The Kier molecular flexibility index (Phi) is 2.36. The van der Waals surface area contributed by atoms with Crippen molar-refractivity contribution in [1.82, 2.24) is 0 Å². The zero-order valence-electron chi connectivity index (χ0n) is 8.99. The van der Waals surface area contributed by atoms with Crippen LogP contribution in [0.2, 0.25) is 0 Å². The van der Waals surface area contributed by atoms with Gasteiger partial charge in [-0.3, -0.25) is 0 Å². The topological polar surface area (TPSA) is 0 Å². The summed E-state index contributed by atoms with van der Waals surface area (Å²) in [5.74, 6) is 0. The van der Waals surface area contributed by atoms with Crippen molar-refractivity contribution in [3.8, 4) is 11.1 Å². The summed E-state index contributed by atoms with van der Waals surface area (Å²) in [5.41, 5.74) is 3.99. The van der Waals surface area contributed by atoms with Crippen LogP contribution in [0.3, 0.4) is 0 Å². The molecular formula is C15H13Br. The number of benzene rings is 2. The van der Waals surface area contributed by atoms with E-state index in [1.54, 1.807) is 0 Å². The Morgan fingerprint density at radius 1 is 0.750 bits per heavy atom. The third kappa shape index (κ3) is 1.80. The fraction of sp³-hybridized carbons (Fsp3) is 0.200. The van der Waals surface area contributed by atoms with E-state index in [1.165, 1.54) is 29.5 Å². The van der Waals surface area contributed by atoms with Gasteiger partial charge in [0.15, 0.2) is 0 Å². The molecule has 80 valence electrons. The van der Waals surface area contributed by atoms with Gasteiger partial charge in [0.1, 0.15) is 0 Å². The van der Waals surface area contributed by atoms with Gasteiger partial charge >= 0.3 is 0 Å². The van der Waals surface area contributed by atoms with Crippen molar-refractivity contribution in [3.05, 3.63) is 60.2 Å². The van der Waals surface area contributed by atoms with Crippen LogP contribution in [0.5, 0.6) is 0 Å². The van der Waals surface area contributed by atoms with Crippen LogP contribution in [0.15, 0.2) is 54.6 Å². The molecule has 1 fully saturated rings. The molecule has 2 aromatic rings. The Balaban J connectivity index is 1.94. The van der Waals surface area contributed by atoms with E-state index in [4.69, 9.17) is 0 Å². The molecule has 0 N–H and O–H groups in total. The molecule has 1 heteroatoms. The second-order valence-electron chi connectivity index (χ2n) is 4.41. The number of alkyl halides is 1. The fourth-order valence-electron chi connectivity index (χ4n) is 1.99. The predicted octanol–water partition coefficient (Wildman–Crippen LogP) is 4.74. The first kappa shape index (κ1) is 10.1. The van der Waals surface area contributed by atoms with Crippen molar-refractivity contribution >= 4 is 15.9 Å². The second kappa shape index (κ2) is 3.74. The van der Waals surface area contributed by atoms with Gasteiger partial charge in [-0.15, -0.1) is 0 Å². The zero-order chi connectivity index (χ0) is 11.0. The Morgan fingerprint density at radius 3 is 1.88 bits per heavy atom. The molecule has 0 radical (unpaired) electrons. The second-order valence-corrected chi connectivity index (χ2v) is 5.93. The molecule has 0 nitrogen and oxygen atoms in total. The van der Waals surface area contributed by atoms with Gasteiger partial charge in [-0.2, -0.15) is 0 Å². The lowest BCUT2D eigenvalue weighted by molar-refractivity contribution is 1.06. The fourth-order valence-corrected chi connectivity index (χ4v) is 2.45. The lowest BCUT2D eigenvalue weighted by Gasteiger charge is -2.08. The van der Waals surface area contributed by atoms with Gasteiger partial charge in [0, 0.05) is 0 Å². The van der Waals surface area contributed by atoms with Gasteiger partial charge in [0.05, 0.1) is 4.32 Å². The Bertz CT molecular complexity index is 481. The van der Waals surface area contributed by atoms with Crippen molar-refractivity contribution in [2.24, 2.45) is 0 Å². The van der Waals surface area contributed by atoms with Crippen LogP contribution in [0.1, 0.15) is 18.4 Å². The van der Waals surface area contributed by atoms with E-state index in [-0.39, 0.29) is 0 Å². The summed E-state index contributed by atoms with van der Waals surface area (Å²) in [4.78, 5) is 0. The molecule has 0 saturated heterocycles. The van der Waals surface area contributed by atoms with Crippen LogP contribution in [0, 0.1) is 0 Å². The summed E-state index contributed by atoms with van der Waals surface area (Å²) in [6.07, 6.45) is 2.52. The average Bonchev–Trinajstić information content (AvgIpc) is 3.10. The lowest BCUT2D eigenvalue weighted by Crippen LogP contribution is -1.93. The molecule has 0 unspecified atom stereocenters. The van der Waals surface area contributed by atoms with Crippen LogP contribution < -0.4 is 0 Å². The third-order valence-corrected chi connectivity index (χ3v) is 4.45. The van der Waals surface area contributed by atoms with Gasteiger partial charge in [-0.05, 0) is 29.5 Å². The minimum atomic E-state index is 0.294. The first-order valence-corrected chi connectivity index (χ1v) is 6.42. The highest BCUT2D eigenvalue weighted by Gasteiger charge is 2.41. The standard InChI is InChI=1S/C15H13Br/c16-15(10-11-15)14-8-6-13(7-9-14)12-4-2-1-3-5-12/h1-9H,10-11H2. The summed E-state index contributed by atoms with van der Waals surface area (Å²) in [7, 11) is 0. The monoisotopic (exact) mass is 272 g/mol. The van der Waals surface area contributed by atoms with E-state index < -0.39 is 0 Å². The van der Waals surface area contributed by atoms with Crippen LogP contribution >= 0.6 is 15.9 Å². The molecule has 0 bridgehead atoms. The molecule has 0 atom stereocenters. The Morgan fingerprint density at radius 2 is 1.31 bits per heavy atom. The quantitative estimate of drug-likeness (QED) is 0.693.